The van der Waals surface area contributed by atoms with Crippen LogP contribution >= 0.6 is 0 Å². The third-order valence-corrected chi connectivity index (χ3v) is 3.36. The van der Waals surface area contributed by atoms with Gasteiger partial charge in [-0.15, -0.1) is 0 Å². The second-order valence-corrected chi connectivity index (χ2v) is 4.58. The maximum absolute atomic E-state index is 13.7. The minimum Gasteiger partial charge on any atom is -0.299 e. The van der Waals surface area contributed by atoms with Crippen molar-refractivity contribution in [2.45, 2.75) is 32.6 Å². The Morgan fingerprint density at radius 1 is 1.24 bits per heavy atom. The van der Waals surface area contributed by atoms with E-state index in [4.69, 9.17) is 0 Å². The van der Waals surface area contributed by atoms with Crippen molar-refractivity contribution in [3.05, 3.63) is 41.7 Å². The van der Waals surface area contributed by atoms with E-state index in [9.17, 15) is 9.18 Å². The van der Waals surface area contributed by atoms with Crippen LogP contribution in [-0.2, 0) is 4.79 Å². The third-order valence-electron chi connectivity index (χ3n) is 3.36. The van der Waals surface area contributed by atoms with Gasteiger partial charge in [0.25, 0.3) is 0 Å². The summed E-state index contributed by atoms with van der Waals surface area (Å²) in [4.78, 5) is 11.9. The highest BCUT2D eigenvalue weighted by atomic mass is 19.1. The maximum atomic E-state index is 13.7. The predicted octanol–water partition coefficient (Wildman–Crippen LogP) is 4.15. The Morgan fingerprint density at radius 3 is 2.53 bits per heavy atom. The highest BCUT2D eigenvalue weighted by Gasteiger charge is 2.28. The molecule has 90 valence electrons. The topological polar surface area (TPSA) is 17.1 Å². The van der Waals surface area contributed by atoms with Crippen molar-refractivity contribution in [1.82, 2.24) is 0 Å². The first-order chi connectivity index (χ1) is 8.20. The molecule has 0 heterocycles. The molecule has 0 spiro atoms. The van der Waals surface area contributed by atoms with Gasteiger partial charge in [-0.05, 0) is 25.3 Å². The summed E-state index contributed by atoms with van der Waals surface area (Å²) in [6, 6.07) is 9.41. The van der Waals surface area contributed by atoms with Gasteiger partial charge in [0.1, 0.15) is 11.6 Å². The normalized spacial score (nSPS) is 22.2. The number of benzene rings is 1. The first kappa shape index (κ1) is 12.0. The number of hydrogen-bond acceptors (Lipinski definition) is 1. The molecule has 1 aromatic carbocycles. The summed E-state index contributed by atoms with van der Waals surface area (Å²) in [5.74, 6) is -0.278. The zero-order valence-corrected chi connectivity index (χ0v) is 10.1. The van der Waals surface area contributed by atoms with E-state index in [0.717, 1.165) is 24.8 Å². The van der Waals surface area contributed by atoms with Crippen LogP contribution in [0.3, 0.4) is 0 Å². The molecule has 0 N–H and O–H groups in total. The monoisotopic (exact) mass is 232 g/mol. The van der Waals surface area contributed by atoms with Gasteiger partial charge in [-0.2, -0.15) is 0 Å². The Kier molecular flexibility index (Phi) is 3.72. The third kappa shape index (κ3) is 2.63. The second kappa shape index (κ2) is 5.26. The summed E-state index contributed by atoms with van der Waals surface area (Å²) in [5.41, 5.74) is 1.43. The van der Waals surface area contributed by atoms with Crippen molar-refractivity contribution in [2.75, 3.05) is 0 Å². The van der Waals surface area contributed by atoms with Gasteiger partial charge in [-0.1, -0.05) is 36.8 Å². The van der Waals surface area contributed by atoms with Crippen molar-refractivity contribution in [2.24, 2.45) is 5.92 Å². The molecular weight excluding hydrogens is 215 g/mol. The lowest BCUT2D eigenvalue weighted by atomic mass is 9.79. The highest BCUT2D eigenvalue weighted by Crippen LogP contribution is 2.35. The van der Waals surface area contributed by atoms with Gasteiger partial charge in [0.2, 0.25) is 0 Å². The molecule has 2 rings (SSSR count). The molecule has 0 aliphatic heterocycles. The first-order valence-electron chi connectivity index (χ1n) is 6.14. The van der Waals surface area contributed by atoms with Gasteiger partial charge in [0, 0.05) is 17.9 Å². The summed E-state index contributed by atoms with van der Waals surface area (Å²) in [7, 11) is 0. The minimum atomic E-state index is -0.240. The SMILES string of the molecule is C/C(F)=C(\c1ccccc1)C1CCCCC1=O. The van der Waals surface area contributed by atoms with Crippen LogP contribution < -0.4 is 0 Å². The number of carbonyl (C=O) groups is 1. The summed E-state index contributed by atoms with van der Waals surface area (Å²) < 4.78 is 13.7. The molecule has 1 aliphatic rings. The molecule has 0 bridgehead atoms. The molecule has 1 saturated carbocycles. The fourth-order valence-corrected chi connectivity index (χ4v) is 2.55. The van der Waals surface area contributed by atoms with Crippen molar-refractivity contribution >= 4 is 11.4 Å². The Bertz CT molecular complexity index is 429. The molecule has 1 aliphatic carbocycles. The number of rotatable bonds is 2. The van der Waals surface area contributed by atoms with Gasteiger partial charge < -0.3 is 0 Å². The number of Topliss-reactive ketones (excluding diaryl/α,β-unsaturated/α-hetero) is 1. The van der Waals surface area contributed by atoms with E-state index in [0.29, 0.717) is 12.0 Å². The molecule has 17 heavy (non-hydrogen) atoms. The van der Waals surface area contributed by atoms with E-state index in [1.165, 1.54) is 6.92 Å². The second-order valence-electron chi connectivity index (χ2n) is 4.58. The molecule has 1 aromatic rings. The lowest BCUT2D eigenvalue weighted by molar-refractivity contribution is -0.122. The maximum Gasteiger partial charge on any atom is 0.140 e. The number of halogens is 1. The van der Waals surface area contributed by atoms with Gasteiger partial charge in [0.05, 0.1) is 0 Å². The van der Waals surface area contributed by atoms with Gasteiger partial charge in [-0.25, -0.2) is 4.39 Å². The van der Waals surface area contributed by atoms with Crippen LogP contribution in [0.25, 0.3) is 5.57 Å². The summed E-state index contributed by atoms with van der Waals surface area (Å²) in [6.07, 6.45) is 3.33. The van der Waals surface area contributed by atoms with Crippen molar-refractivity contribution in [3.8, 4) is 0 Å². The van der Waals surface area contributed by atoms with Gasteiger partial charge in [-0.3, -0.25) is 4.79 Å². The fourth-order valence-electron chi connectivity index (χ4n) is 2.55. The van der Waals surface area contributed by atoms with E-state index in [-0.39, 0.29) is 17.5 Å². The predicted molar refractivity (Wildman–Crippen MR) is 67.1 cm³/mol. The standard InChI is InChI=1S/C15H17FO/c1-11(16)15(12-7-3-2-4-8-12)13-9-5-6-10-14(13)17/h2-4,7-8,13H,5-6,9-10H2,1H3/b15-11-. The highest BCUT2D eigenvalue weighted by molar-refractivity contribution is 5.94. The Balaban J connectivity index is 2.37. The average molecular weight is 232 g/mol. The summed E-state index contributed by atoms with van der Waals surface area (Å²) >= 11 is 0. The quantitative estimate of drug-likeness (QED) is 0.748. The van der Waals surface area contributed by atoms with E-state index in [2.05, 4.69) is 0 Å². The Hall–Kier alpha value is -1.44. The molecular formula is C15H17FO. The number of carbonyl (C=O) groups excluding carboxylic acids is 1. The van der Waals surface area contributed by atoms with Crippen LogP contribution in [0.4, 0.5) is 4.39 Å². The van der Waals surface area contributed by atoms with Gasteiger partial charge in [0.15, 0.2) is 0 Å². The van der Waals surface area contributed by atoms with E-state index in [1.807, 2.05) is 30.3 Å². The summed E-state index contributed by atoms with van der Waals surface area (Å²) in [6.45, 7) is 1.45. The molecule has 0 aromatic heterocycles. The minimum absolute atomic E-state index is 0.187. The van der Waals surface area contributed by atoms with Crippen LogP contribution in [0, 0.1) is 5.92 Å². The van der Waals surface area contributed by atoms with Crippen LogP contribution in [0.2, 0.25) is 0 Å². The molecule has 2 heteroatoms. The fraction of sp³-hybridized carbons (Fsp3) is 0.400. The lowest BCUT2D eigenvalue weighted by Crippen LogP contribution is -2.20. The first-order valence-corrected chi connectivity index (χ1v) is 6.14. The number of allylic oxidation sites excluding steroid dienone is 2. The molecule has 1 fully saturated rings. The molecule has 1 nitrogen and oxygen atoms in total. The molecule has 0 radical (unpaired) electrons. The molecule has 0 amide bonds. The smallest absolute Gasteiger partial charge is 0.140 e. The van der Waals surface area contributed by atoms with Crippen LogP contribution in [-0.4, -0.2) is 5.78 Å². The average Bonchev–Trinajstić information content (AvgIpc) is 2.33. The zero-order chi connectivity index (χ0) is 12.3. The number of ketones is 1. The van der Waals surface area contributed by atoms with Crippen LogP contribution in [0.15, 0.2) is 36.2 Å². The van der Waals surface area contributed by atoms with E-state index in [1.54, 1.807) is 0 Å². The van der Waals surface area contributed by atoms with E-state index >= 15 is 0 Å². The Labute approximate surface area is 101 Å². The van der Waals surface area contributed by atoms with Gasteiger partial charge >= 0.3 is 0 Å². The van der Waals surface area contributed by atoms with E-state index < -0.39 is 0 Å². The van der Waals surface area contributed by atoms with Crippen molar-refractivity contribution < 1.29 is 9.18 Å². The van der Waals surface area contributed by atoms with Crippen molar-refractivity contribution in [3.63, 3.8) is 0 Å². The van der Waals surface area contributed by atoms with Crippen LogP contribution in [0.1, 0.15) is 38.2 Å². The summed E-state index contributed by atoms with van der Waals surface area (Å²) in [5, 5.41) is 0. The molecule has 1 atom stereocenters. The van der Waals surface area contributed by atoms with Crippen molar-refractivity contribution in [1.29, 1.82) is 0 Å². The lowest BCUT2D eigenvalue weighted by Gasteiger charge is -2.23. The number of hydrogen-bond donors (Lipinski definition) is 0. The largest absolute Gasteiger partial charge is 0.299 e. The van der Waals surface area contributed by atoms with Crippen LogP contribution in [0.5, 0.6) is 0 Å². The molecule has 1 unspecified atom stereocenters. The zero-order valence-electron chi connectivity index (χ0n) is 10.1. The Morgan fingerprint density at radius 2 is 1.94 bits per heavy atom. The molecule has 0 saturated heterocycles.